The van der Waals surface area contributed by atoms with E-state index in [9.17, 15) is 9.59 Å². The number of carbonyl (C=O) groups is 2. The van der Waals surface area contributed by atoms with Crippen LogP contribution in [0.3, 0.4) is 0 Å². The Bertz CT molecular complexity index is 667. The summed E-state index contributed by atoms with van der Waals surface area (Å²) in [6.45, 7) is 3.54. The predicted molar refractivity (Wildman–Crippen MR) is 103 cm³/mol. The minimum atomic E-state index is -0.725. The first-order chi connectivity index (χ1) is 13.1. The average Bonchev–Trinajstić information content (AvgIpc) is 3.50. The van der Waals surface area contributed by atoms with Gasteiger partial charge in [-0.2, -0.15) is 0 Å². The molecular formula is C20H29N3O4. The zero-order valence-corrected chi connectivity index (χ0v) is 16.1. The van der Waals surface area contributed by atoms with E-state index in [1.807, 2.05) is 31.2 Å². The van der Waals surface area contributed by atoms with Crippen LogP contribution in [-0.4, -0.2) is 61.7 Å². The number of ether oxygens (including phenoxy) is 2. The van der Waals surface area contributed by atoms with Gasteiger partial charge in [0.25, 0.3) is 0 Å². The van der Waals surface area contributed by atoms with Crippen molar-refractivity contribution >= 4 is 17.5 Å². The summed E-state index contributed by atoms with van der Waals surface area (Å²) < 4.78 is 10.5. The van der Waals surface area contributed by atoms with Crippen molar-refractivity contribution < 1.29 is 19.1 Å². The number of amides is 2. The van der Waals surface area contributed by atoms with Crippen LogP contribution in [0.15, 0.2) is 24.3 Å². The van der Waals surface area contributed by atoms with E-state index in [0.717, 1.165) is 24.3 Å². The Labute approximate surface area is 160 Å². The van der Waals surface area contributed by atoms with Gasteiger partial charge in [0.2, 0.25) is 11.8 Å². The predicted octanol–water partition coefficient (Wildman–Crippen LogP) is 1.78. The first-order valence-corrected chi connectivity index (χ1v) is 9.65. The third kappa shape index (κ3) is 4.91. The second-order valence-electron chi connectivity index (χ2n) is 7.20. The van der Waals surface area contributed by atoms with E-state index >= 15 is 0 Å². The number of hydrogen-bond donors (Lipinski definition) is 2. The van der Waals surface area contributed by atoms with Gasteiger partial charge in [-0.3, -0.25) is 9.59 Å². The topological polar surface area (TPSA) is 79.9 Å². The quantitative estimate of drug-likeness (QED) is 0.724. The minimum Gasteiger partial charge on any atom is -0.497 e. The molecule has 0 aromatic heterocycles. The third-order valence-corrected chi connectivity index (χ3v) is 5.20. The molecule has 3 rings (SSSR count). The molecule has 2 aliphatic rings. The Morgan fingerprint density at radius 1 is 1.26 bits per heavy atom. The summed E-state index contributed by atoms with van der Waals surface area (Å²) in [5.74, 6) is 0.737. The lowest BCUT2D eigenvalue weighted by Gasteiger charge is -2.41. The minimum absolute atomic E-state index is 0.0183. The fourth-order valence-electron chi connectivity index (χ4n) is 3.36. The maximum Gasteiger partial charge on any atom is 0.248 e. The molecule has 1 aliphatic heterocycles. The van der Waals surface area contributed by atoms with E-state index in [2.05, 4.69) is 10.6 Å². The Kier molecular flexibility index (Phi) is 6.21. The number of methoxy groups -OCH3 is 1. The number of nitrogens with one attached hydrogen (secondary N) is 2. The number of anilines is 1. The Hall–Kier alpha value is -2.28. The van der Waals surface area contributed by atoms with Crippen molar-refractivity contribution in [1.82, 2.24) is 10.2 Å². The summed E-state index contributed by atoms with van der Waals surface area (Å²) in [7, 11) is 1.62. The molecule has 1 saturated heterocycles. The van der Waals surface area contributed by atoms with Crippen molar-refractivity contribution in [2.75, 3.05) is 38.7 Å². The molecule has 1 heterocycles. The normalized spacial score (nSPS) is 18.7. The lowest BCUT2D eigenvalue weighted by atomic mass is 9.85. The number of hydrogen-bond acceptors (Lipinski definition) is 5. The smallest absolute Gasteiger partial charge is 0.248 e. The molecule has 7 nitrogen and oxygen atoms in total. The molecular weight excluding hydrogens is 346 g/mol. The molecule has 1 aromatic carbocycles. The van der Waals surface area contributed by atoms with Gasteiger partial charge in [-0.05, 0) is 44.7 Å². The standard InChI is InChI=1S/C20H29N3O4/c1-3-27-14-18(24)23-11-9-20(10-12-23,19(25)21-15-7-8-15)22-16-5-4-6-17(13-16)26-2/h4-6,13,15,22H,3,7-12,14H2,1-2H3,(H,21,25). The SMILES string of the molecule is CCOCC(=O)N1CCC(Nc2cccc(OC)c2)(C(=O)NC2CC2)CC1. The summed E-state index contributed by atoms with van der Waals surface area (Å²) in [5.41, 5.74) is 0.117. The van der Waals surface area contributed by atoms with Gasteiger partial charge in [0.15, 0.2) is 0 Å². The van der Waals surface area contributed by atoms with Gasteiger partial charge in [0, 0.05) is 37.5 Å². The Morgan fingerprint density at radius 3 is 2.63 bits per heavy atom. The number of piperidine rings is 1. The van der Waals surface area contributed by atoms with Gasteiger partial charge < -0.3 is 25.0 Å². The third-order valence-electron chi connectivity index (χ3n) is 5.20. The highest BCUT2D eigenvalue weighted by Gasteiger charge is 2.44. The Balaban J connectivity index is 1.71. The van der Waals surface area contributed by atoms with Crippen molar-refractivity contribution in [1.29, 1.82) is 0 Å². The highest BCUT2D eigenvalue weighted by Crippen LogP contribution is 2.31. The molecule has 148 valence electrons. The highest BCUT2D eigenvalue weighted by molar-refractivity contribution is 5.90. The van der Waals surface area contributed by atoms with Crippen molar-refractivity contribution in [2.45, 2.75) is 44.2 Å². The van der Waals surface area contributed by atoms with Gasteiger partial charge in [-0.15, -0.1) is 0 Å². The molecule has 7 heteroatoms. The van der Waals surface area contributed by atoms with Crippen molar-refractivity contribution in [2.24, 2.45) is 0 Å². The monoisotopic (exact) mass is 375 g/mol. The van der Waals surface area contributed by atoms with E-state index in [1.165, 1.54) is 0 Å². The maximum absolute atomic E-state index is 13.0. The van der Waals surface area contributed by atoms with Crippen molar-refractivity contribution in [3.63, 3.8) is 0 Å². The van der Waals surface area contributed by atoms with Crippen molar-refractivity contribution in [3.8, 4) is 5.75 Å². The Morgan fingerprint density at radius 2 is 2.00 bits per heavy atom. The average molecular weight is 375 g/mol. The number of nitrogens with zero attached hydrogens (tertiary/aromatic N) is 1. The fourth-order valence-corrected chi connectivity index (χ4v) is 3.36. The van der Waals surface area contributed by atoms with Gasteiger partial charge >= 0.3 is 0 Å². The van der Waals surface area contributed by atoms with Crippen LogP contribution < -0.4 is 15.4 Å². The van der Waals surface area contributed by atoms with Gasteiger partial charge in [-0.1, -0.05) is 6.07 Å². The fraction of sp³-hybridized carbons (Fsp3) is 0.600. The van der Waals surface area contributed by atoms with E-state index in [1.54, 1.807) is 12.0 Å². The van der Waals surface area contributed by atoms with Crippen LogP contribution in [0, 0.1) is 0 Å². The first-order valence-electron chi connectivity index (χ1n) is 9.65. The molecule has 1 saturated carbocycles. The van der Waals surface area contributed by atoms with E-state index < -0.39 is 5.54 Å². The zero-order chi connectivity index (χ0) is 19.3. The summed E-state index contributed by atoms with van der Waals surface area (Å²) in [5, 5.41) is 6.57. The van der Waals surface area contributed by atoms with E-state index in [0.29, 0.717) is 38.6 Å². The number of benzene rings is 1. The van der Waals surface area contributed by atoms with Gasteiger partial charge in [-0.25, -0.2) is 0 Å². The number of rotatable bonds is 8. The molecule has 0 atom stereocenters. The molecule has 0 unspecified atom stereocenters. The van der Waals surface area contributed by atoms with Crippen LogP contribution in [0.1, 0.15) is 32.6 Å². The highest BCUT2D eigenvalue weighted by atomic mass is 16.5. The molecule has 27 heavy (non-hydrogen) atoms. The first kappa shape index (κ1) is 19.5. The largest absolute Gasteiger partial charge is 0.497 e. The molecule has 0 radical (unpaired) electrons. The molecule has 1 aromatic rings. The van der Waals surface area contributed by atoms with Crippen LogP contribution in [0.4, 0.5) is 5.69 Å². The molecule has 2 N–H and O–H groups in total. The summed E-state index contributed by atoms with van der Waals surface area (Å²) in [6, 6.07) is 7.88. The summed E-state index contributed by atoms with van der Waals surface area (Å²) >= 11 is 0. The lowest BCUT2D eigenvalue weighted by molar-refractivity contribution is -0.139. The van der Waals surface area contributed by atoms with Gasteiger partial charge in [0.1, 0.15) is 17.9 Å². The summed E-state index contributed by atoms with van der Waals surface area (Å²) in [6.07, 6.45) is 3.20. The van der Waals surface area contributed by atoms with E-state index in [4.69, 9.17) is 9.47 Å². The number of carbonyl (C=O) groups excluding carboxylic acids is 2. The second kappa shape index (κ2) is 8.61. The molecule has 0 bridgehead atoms. The van der Waals surface area contributed by atoms with Gasteiger partial charge in [0.05, 0.1) is 7.11 Å². The van der Waals surface area contributed by atoms with Crippen LogP contribution in [0.2, 0.25) is 0 Å². The van der Waals surface area contributed by atoms with E-state index in [-0.39, 0.29) is 18.4 Å². The van der Waals surface area contributed by atoms with Crippen molar-refractivity contribution in [3.05, 3.63) is 24.3 Å². The van der Waals surface area contributed by atoms with Crippen LogP contribution in [-0.2, 0) is 14.3 Å². The molecule has 1 aliphatic carbocycles. The molecule has 2 fully saturated rings. The molecule has 2 amide bonds. The number of likely N-dealkylation sites (tertiary alicyclic amines) is 1. The maximum atomic E-state index is 13.0. The van der Waals surface area contributed by atoms with Crippen LogP contribution >= 0.6 is 0 Å². The second-order valence-corrected chi connectivity index (χ2v) is 7.20. The lowest BCUT2D eigenvalue weighted by Crippen LogP contribution is -2.59. The molecule has 0 spiro atoms. The van der Waals surface area contributed by atoms with Crippen LogP contribution in [0.5, 0.6) is 5.75 Å². The van der Waals surface area contributed by atoms with Crippen LogP contribution in [0.25, 0.3) is 0 Å². The zero-order valence-electron chi connectivity index (χ0n) is 16.1. The summed E-state index contributed by atoms with van der Waals surface area (Å²) in [4.78, 5) is 27.1.